The van der Waals surface area contributed by atoms with Crippen LogP contribution in [-0.2, 0) is 23.9 Å². The van der Waals surface area contributed by atoms with E-state index >= 15 is 0 Å². The minimum absolute atomic E-state index is 0.0571. The molecule has 0 saturated carbocycles. The first-order chi connectivity index (χ1) is 16.7. The Bertz CT molecular complexity index is 1100. The van der Waals surface area contributed by atoms with Crippen LogP contribution in [-0.4, -0.2) is 76.3 Å². The molecular formula is C24H27N3O7S. The summed E-state index contributed by atoms with van der Waals surface area (Å²) in [6.07, 6.45) is 1.28. The van der Waals surface area contributed by atoms with Gasteiger partial charge in [-0.25, -0.2) is 0 Å². The lowest BCUT2D eigenvalue weighted by molar-refractivity contribution is -0.151. The summed E-state index contributed by atoms with van der Waals surface area (Å²) in [4.78, 5) is 77.7. The molecular weight excluding hydrogens is 474 g/mol. The van der Waals surface area contributed by atoms with Crippen LogP contribution in [0.3, 0.4) is 0 Å². The van der Waals surface area contributed by atoms with Crippen LogP contribution < -0.4 is 5.32 Å². The second kappa shape index (κ2) is 10.2. The Labute approximate surface area is 206 Å². The van der Waals surface area contributed by atoms with E-state index in [1.807, 2.05) is 0 Å². The van der Waals surface area contributed by atoms with Gasteiger partial charge in [-0.3, -0.25) is 39.0 Å². The highest BCUT2D eigenvalue weighted by molar-refractivity contribution is 8.00. The van der Waals surface area contributed by atoms with E-state index in [4.69, 9.17) is 4.74 Å². The van der Waals surface area contributed by atoms with Crippen molar-refractivity contribution in [1.82, 2.24) is 15.1 Å². The number of hydrogen-bond acceptors (Lipinski definition) is 8. The van der Waals surface area contributed by atoms with Gasteiger partial charge in [0.15, 0.2) is 0 Å². The summed E-state index contributed by atoms with van der Waals surface area (Å²) in [7, 11) is 0. The van der Waals surface area contributed by atoms with Gasteiger partial charge in [-0.05, 0) is 51.3 Å². The highest BCUT2D eigenvalue weighted by atomic mass is 32.2. The van der Waals surface area contributed by atoms with Crippen molar-refractivity contribution in [3.05, 3.63) is 29.3 Å². The summed E-state index contributed by atoms with van der Waals surface area (Å²) in [6.45, 7) is 4.84. The maximum Gasteiger partial charge on any atom is 0.309 e. The molecule has 2 fully saturated rings. The van der Waals surface area contributed by atoms with Crippen molar-refractivity contribution in [2.75, 3.05) is 19.7 Å². The summed E-state index contributed by atoms with van der Waals surface area (Å²) >= 11 is 1.28. The molecule has 0 aromatic heterocycles. The van der Waals surface area contributed by atoms with E-state index in [0.29, 0.717) is 37.4 Å². The molecule has 35 heavy (non-hydrogen) atoms. The smallest absolute Gasteiger partial charge is 0.309 e. The lowest BCUT2D eigenvalue weighted by Crippen LogP contribution is -2.54. The molecule has 186 valence electrons. The number of benzene rings is 1. The van der Waals surface area contributed by atoms with Crippen LogP contribution in [0, 0.1) is 5.92 Å². The van der Waals surface area contributed by atoms with Crippen LogP contribution in [0.1, 0.15) is 60.2 Å². The Morgan fingerprint density at radius 1 is 1.09 bits per heavy atom. The molecule has 1 aromatic rings. The molecule has 1 N–H and O–H groups in total. The van der Waals surface area contributed by atoms with Crippen molar-refractivity contribution in [3.63, 3.8) is 0 Å². The lowest BCUT2D eigenvalue weighted by Gasteiger charge is -2.32. The molecule has 2 unspecified atom stereocenters. The Morgan fingerprint density at radius 2 is 1.77 bits per heavy atom. The number of amides is 5. The zero-order chi connectivity index (χ0) is 25.3. The van der Waals surface area contributed by atoms with Gasteiger partial charge in [0, 0.05) is 24.4 Å². The summed E-state index contributed by atoms with van der Waals surface area (Å²) in [5.74, 6) is -2.70. The number of carbonyl (C=O) groups excluding carboxylic acids is 6. The van der Waals surface area contributed by atoms with E-state index in [1.165, 1.54) is 17.8 Å². The Kier molecular flexibility index (Phi) is 7.25. The van der Waals surface area contributed by atoms with E-state index in [9.17, 15) is 28.8 Å². The van der Waals surface area contributed by atoms with E-state index in [1.54, 1.807) is 30.9 Å². The zero-order valence-electron chi connectivity index (χ0n) is 19.6. The molecule has 3 heterocycles. The van der Waals surface area contributed by atoms with Crippen molar-refractivity contribution >= 4 is 47.3 Å². The number of hydrogen-bond donors (Lipinski definition) is 1. The maximum atomic E-state index is 13.0. The van der Waals surface area contributed by atoms with Gasteiger partial charge in [-0.15, -0.1) is 11.8 Å². The van der Waals surface area contributed by atoms with Crippen molar-refractivity contribution < 1.29 is 33.5 Å². The average Bonchev–Trinajstić information content (AvgIpc) is 3.08. The predicted molar refractivity (Wildman–Crippen MR) is 124 cm³/mol. The molecule has 2 atom stereocenters. The zero-order valence-corrected chi connectivity index (χ0v) is 20.4. The fourth-order valence-corrected chi connectivity index (χ4v) is 5.62. The van der Waals surface area contributed by atoms with Gasteiger partial charge in [0.05, 0.1) is 28.9 Å². The molecule has 5 amide bonds. The van der Waals surface area contributed by atoms with E-state index < -0.39 is 34.9 Å². The van der Waals surface area contributed by atoms with Gasteiger partial charge in [0.25, 0.3) is 11.8 Å². The van der Waals surface area contributed by atoms with Gasteiger partial charge in [0.2, 0.25) is 17.7 Å². The first-order valence-electron chi connectivity index (χ1n) is 11.7. The minimum Gasteiger partial charge on any atom is -0.466 e. The molecule has 10 nitrogen and oxygen atoms in total. The van der Waals surface area contributed by atoms with E-state index in [-0.39, 0.29) is 41.8 Å². The second-order valence-electron chi connectivity index (χ2n) is 8.77. The van der Waals surface area contributed by atoms with Crippen LogP contribution in [0.15, 0.2) is 23.1 Å². The molecule has 0 bridgehead atoms. The van der Waals surface area contributed by atoms with Crippen LogP contribution in [0.4, 0.5) is 0 Å². The summed E-state index contributed by atoms with van der Waals surface area (Å²) in [5, 5.41) is 1.74. The van der Waals surface area contributed by atoms with Gasteiger partial charge in [0.1, 0.15) is 6.04 Å². The summed E-state index contributed by atoms with van der Waals surface area (Å²) < 4.78 is 5.07. The van der Waals surface area contributed by atoms with Crippen molar-refractivity contribution in [2.45, 2.75) is 55.7 Å². The largest absolute Gasteiger partial charge is 0.466 e. The van der Waals surface area contributed by atoms with Crippen LogP contribution >= 0.6 is 11.8 Å². The van der Waals surface area contributed by atoms with E-state index in [0.717, 1.165) is 4.90 Å². The maximum absolute atomic E-state index is 13.0. The van der Waals surface area contributed by atoms with Crippen molar-refractivity contribution in [1.29, 1.82) is 0 Å². The summed E-state index contributed by atoms with van der Waals surface area (Å²) in [6, 6.07) is 3.77. The van der Waals surface area contributed by atoms with Crippen molar-refractivity contribution in [2.24, 2.45) is 5.92 Å². The Hall–Kier alpha value is -3.21. The van der Waals surface area contributed by atoms with Gasteiger partial charge < -0.3 is 9.64 Å². The van der Waals surface area contributed by atoms with Crippen LogP contribution in [0.25, 0.3) is 0 Å². The standard InChI is InChI=1S/C24H27N3O7S/c1-3-34-24(33)14-8-10-26(11-9-14)21(30)13(2)35-15-4-5-16-17(12-15)23(32)27(22(16)31)18-6-7-19(28)25-20(18)29/h4-5,12-14,18H,3,6-11H2,1-2H3,(H,25,28,29). The molecule has 1 aromatic carbocycles. The molecule has 11 heteroatoms. The average molecular weight is 502 g/mol. The Balaban J connectivity index is 1.40. The number of carbonyl (C=O) groups is 6. The highest BCUT2D eigenvalue weighted by Crippen LogP contribution is 2.33. The van der Waals surface area contributed by atoms with Gasteiger partial charge in [-0.2, -0.15) is 0 Å². The second-order valence-corrected chi connectivity index (χ2v) is 10.2. The van der Waals surface area contributed by atoms with Gasteiger partial charge in [-0.1, -0.05) is 0 Å². The first kappa shape index (κ1) is 24.9. The number of piperidine rings is 2. The molecule has 0 spiro atoms. The number of fused-ring (bicyclic) bond motifs is 1. The number of nitrogens with zero attached hydrogens (tertiary/aromatic N) is 2. The monoisotopic (exact) mass is 501 g/mol. The third kappa shape index (κ3) is 4.95. The topological polar surface area (TPSA) is 130 Å². The first-order valence-corrected chi connectivity index (χ1v) is 12.6. The third-order valence-corrected chi connectivity index (χ3v) is 7.58. The molecule has 3 aliphatic rings. The molecule has 2 saturated heterocycles. The third-order valence-electron chi connectivity index (χ3n) is 6.50. The van der Waals surface area contributed by atoms with Crippen molar-refractivity contribution in [3.8, 4) is 0 Å². The van der Waals surface area contributed by atoms with Crippen LogP contribution in [0.2, 0.25) is 0 Å². The number of ether oxygens (including phenoxy) is 1. The number of imide groups is 2. The SMILES string of the molecule is CCOC(=O)C1CCN(C(=O)C(C)Sc2ccc3c(c2)C(=O)N(C2CCC(=O)NC2=O)C3=O)CC1. The lowest BCUT2D eigenvalue weighted by atomic mass is 9.97. The Morgan fingerprint density at radius 3 is 2.43 bits per heavy atom. The van der Waals surface area contributed by atoms with E-state index in [2.05, 4.69) is 5.32 Å². The molecule has 0 radical (unpaired) electrons. The molecule has 0 aliphatic carbocycles. The summed E-state index contributed by atoms with van der Waals surface area (Å²) in [5.41, 5.74) is 0.378. The predicted octanol–water partition coefficient (Wildman–Crippen LogP) is 1.37. The van der Waals surface area contributed by atoms with Gasteiger partial charge >= 0.3 is 5.97 Å². The fourth-order valence-electron chi connectivity index (χ4n) is 4.63. The fraction of sp³-hybridized carbons (Fsp3) is 0.500. The number of thioether (sulfide) groups is 1. The number of nitrogens with one attached hydrogen (secondary N) is 1. The number of rotatable bonds is 6. The highest BCUT2D eigenvalue weighted by Gasteiger charge is 2.44. The number of likely N-dealkylation sites (tertiary alicyclic amines) is 1. The van der Waals surface area contributed by atoms with Crippen LogP contribution in [0.5, 0.6) is 0 Å². The molecule has 4 rings (SSSR count). The number of esters is 1. The normalized spacial score (nSPS) is 21.6. The molecule has 3 aliphatic heterocycles. The minimum atomic E-state index is -1.02. The quantitative estimate of drug-likeness (QED) is 0.351.